The molecular formula is C14H20N2O. The van der Waals surface area contributed by atoms with Crippen LogP contribution in [0.25, 0.3) is 0 Å². The van der Waals surface area contributed by atoms with Gasteiger partial charge in [-0.1, -0.05) is 13.0 Å². The minimum atomic E-state index is 0.0785. The molecule has 1 N–H and O–H groups in total. The van der Waals surface area contributed by atoms with E-state index in [0.717, 1.165) is 30.0 Å². The van der Waals surface area contributed by atoms with E-state index in [1.807, 2.05) is 18.2 Å². The van der Waals surface area contributed by atoms with E-state index >= 15 is 0 Å². The highest BCUT2D eigenvalue weighted by atomic mass is 16.3. The lowest BCUT2D eigenvalue weighted by molar-refractivity contribution is 0.281. The van der Waals surface area contributed by atoms with Crippen LogP contribution in [-0.4, -0.2) is 22.7 Å². The molecule has 3 nitrogen and oxygen atoms in total. The quantitative estimate of drug-likeness (QED) is 0.764. The number of aromatic nitrogens is 1. The van der Waals surface area contributed by atoms with Gasteiger partial charge in [-0.15, -0.1) is 6.58 Å². The summed E-state index contributed by atoms with van der Waals surface area (Å²) in [6.07, 6.45) is 5.28. The number of nitrogens with zero attached hydrogens (tertiary/aromatic N) is 2. The van der Waals surface area contributed by atoms with Crippen LogP contribution >= 0.6 is 0 Å². The zero-order valence-corrected chi connectivity index (χ0v) is 10.4. The Labute approximate surface area is 103 Å². The summed E-state index contributed by atoms with van der Waals surface area (Å²) in [6, 6.07) is 4.57. The van der Waals surface area contributed by atoms with E-state index < -0.39 is 0 Å². The smallest absolute Gasteiger partial charge is 0.129 e. The maximum absolute atomic E-state index is 9.28. The minimum absolute atomic E-state index is 0.0785. The van der Waals surface area contributed by atoms with Crippen molar-refractivity contribution in [2.24, 2.45) is 0 Å². The van der Waals surface area contributed by atoms with Crippen LogP contribution in [-0.2, 0) is 13.0 Å². The average molecular weight is 232 g/mol. The Morgan fingerprint density at radius 2 is 2.29 bits per heavy atom. The summed E-state index contributed by atoms with van der Waals surface area (Å²) in [7, 11) is 0. The number of aryl methyl sites for hydroxylation is 1. The SMILES string of the molecule is C=CCN(c1cc(CO)cc(CC)n1)C1CC1. The van der Waals surface area contributed by atoms with Gasteiger partial charge in [-0.05, 0) is 37.0 Å². The van der Waals surface area contributed by atoms with Crippen LogP contribution < -0.4 is 4.90 Å². The summed E-state index contributed by atoms with van der Waals surface area (Å²) in [5, 5.41) is 9.28. The lowest BCUT2D eigenvalue weighted by Gasteiger charge is -2.23. The highest BCUT2D eigenvalue weighted by Gasteiger charge is 2.29. The molecule has 0 aromatic carbocycles. The third-order valence-electron chi connectivity index (χ3n) is 3.08. The number of rotatable bonds is 6. The van der Waals surface area contributed by atoms with E-state index in [0.29, 0.717) is 6.04 Å². The summed E-state index contributed by atoms with van der Waals surface area (Å²) >= 11 is 0. The van der Waals surface area contributed by atoms with Gasteiger partial charge in [0.15, 0.2) is 0 Å². The van der Waals surface area contributed by atoms with Gasteiger partial charge in [0.2, 0.25) is 0 Å². The summed E-state index contributed by atoms with van der Waals surface area (Å²) in [5.41, 5.74) is 1.99. The van der Waals surface area contributed by atoms with Gasteiger partial charge in [0, 0.05) is 18.3 Å². The largest absolute Gasteiger partial charge is 0.392 e. The van der Waals surface area contributed by atoms with Gasteiger partial charge in [-0.2, -0.15) is 0 Å². The number of hydrogen-bond acceptors (Lipinski definition) is 3. The molecule has 0 unspecified atom stereocenters. The van der Waals surface area contributed by atoms with Crippen molar-refractivity contribution in [1.82, 2.24) is 4.98 Å². The Balaban J connectivity index is 2.30. The first kappa shape index (κ1) is 12.1. The minimum Gasteiger partial charge on any atom is -0.392 e. The fourth-order valence-electron chi connectivity index (χ4n) is 2.01. The van der Waals surface area contributed by atoms with Crippen molar-refractivity contribution in [1.29, 1.82) is 0 Å². The maximum Gasteiger partial charge on any atom is 0.129 e. The van der Waals surface area contributed by atoms with Crippen molar-refractivity contribution in [3.63, 3.8) is 0 Å². The lowest BCUT2D eigenvalue weighted by Crippen LogP contribution is -2.27. The Morgan fingerprint density at radius 1 is 1.53 bits per heavy atom. The van der Waals surface area contributed by atoms with E-state index in [9.17, 15) is 5.11 Å². The van der Waals surface area contributed by atoms with Crippen LogP contribution in [0.15, 0.2) is 24.8 Å². The molecule has 2 rings (SSSR count). The molecule has 0 bridgehead atoms. The second kappa shape index (κ2) is 5.32. The molecule has 1 aliphatic carbocycles. The number of pyridine rings is 1. The fraction of sp³-hybridized carbons (Fsp3) is 0.500. The number of aliphatic hydroxyl groups is 1. The summed E-state index contributed by atoms with van der Waals surface area (Å²) < 4.78 is 0. The average Bonchev–Trinajstić information content (AvgIpc) is 3.19. The topological polar surface area (TPSA) is 36.4 Å². The number of anilines is 1. The molecule has 1 aromatic heterocycles. The Morgan fingerprint density at radius 3 is 2.82 bits per heavy atom. The standard InChI is InChI=1S/C14H20N2O/c1-3-7-16(13-5-6-13)14-9-11(10-17)8-12(4-2)15-14/h3,8-9,13,17H,1,4-7,10H2,2H3. The van der Waals surface area contributed by atoms with Crippen LogP contribution in [0.3, 0.4) is 0 Å². The second-order valence-corrected chi connectivity index (χ2v) is 4.51. The highest BCUT2D eigenvalue weighted by molar-refractivity contribution is 5.45. The van der Waals surface area contributed by atoms with Crippen molar-refractivity contribution in [3.05, 3.63) is 36.0 Å². The lowest BCUT2D eigenvalue weighted by atomic mass is 10.2. The number of hydrogen-bond donors (Lipinski definition) is 1. The predicted molar refractivity (Wildman–Crippen MR) is 70.1 cm³/mol. The summed E-state index contributed by atoms with van der Waals surface area (Å²) in [4.78, 5) is 6.93. The van der Waals surface area contributed by atoms with Gasteiger partial charge >= 0.3 is 0 Å². The molecular weight excluding hydrogens is 212 g/mol. The fourth-order valence-corrected chi connectivity index (χ4v) is 2.01. The molecule has 0 aliphatic heterocycles. The normalized spacial score (nSPS) is 14.7. The molecule has 3 heteroatoms. The third-order valence-corrected chi connectivity index (χ3v) is 3.08. The summed E-state index contributed by atoms with van der Waals surface area (Å²) in [6.45, 7) is 6.80. The van der Waals surface area contributed by atoms with Crippen molar-refractivity contribution >= 4 is 5.82 Å². The van der Waals surface area contributed by atoms with Gasteiger partial charge < -0.3 is 10.0 Å². The van der Waals surface area contributed by atoms with Gasteiger partial charge in [0.25, 0.3) is 0 Å². The van der Waals surface area contributed by atoms with Gasteiger partial charge in [-0.25, -0.2) is 4.98 Å². The Hall–Kier alpha value is -1.35. The highest BCUT2D eigenvalue weighted by Crippen LogP contribution is 2.31. The van der Waals surface area contributed by atoms with E-state index in [1.54, 1.807) is 0 Å². The predicted octanol–water partition coefficient (Wildman–Crippen LogP) is 2.29. The zero-order valence-electron chi connectivity index (χ0n) is 10.4. The molecule has 92 valence electrons. The maximum atomic E-state index is 9.28. The van der Waals surface area contributed by atoms with Crippen LogP contribution in [0.1, 0.15) is 31.0 Å². The van der Waals surface area contributed by atoms with Crippen molar-refractivity contribution < 1.29 is 5.11 Å². The van der Waals surface area contributed by atoms with Crippen LogP contribution in [0.2, 0.25) is 0 Å². The summed E-state index contributed by atoms with van der Waals surface area (Å²) in [5.74, 6) is 0.982. The first-order valence-corrected chi connectivity index (χ1v) is 6.26. The van der Waals surface area contributed by atoms with Crippen molar-refractivity contribution in [3.8, 4) is 0 Å². The molecule has 1 aliphatic rings. The first-order valence-electron chi connectivity index (χ1n) is 6.26. The molecule has 0 spiro atoms. The van der Waals surface area contributed by atoms with Crippen molar-refractivity contribution in [2.45, 2.75) is 38.8 Å². The molecule has 1 aromatic rings. The van der Waals surface area contributed by atoms with E-state index in [-0.39, 0.29) is 6.61 Å². The third kappa shape index (κ3) is 2.86. The molecule has 1 saturated carbocycles. The van der Waals surface area contributed by atoms with E-state index in [1.165, 1.54) is 12.8 Å². The Kier molecular flexibility index (Phi) is 3.79. The number of aliphatic hydroxyl groups excluding tert-OH is 1. The van der Waals surface area contributed by atoms with Gasteiger partial charge in [-0.3, -0.25) is 0 Å². The second-order valence-electron chi connectivity index (χ2n) is 4.51. The monoisotopic (exact) mass is 232 g/mol. The zero-order chi connectivity index (χ0) is 12.3. The molecule has 0 saturated heterocycles. The van der Waals surface area contributed by atoms with Crippen LogP contribution in [0, 0.1) is 0 Å². The van der Waals surface area contributed by atoms with E-state index in [2.05, 4.69) is 23.4 Å². The molecule has 0 amide bonds. The van der Waals surface area contributed by atoms with Crippen LogP contribution in [0.5, 0.6) is 0 Å². The molecule has 1 heterocycles. The molecule has 1 fully saturated rings. The first-order chi connectivity index (χ1) is 8.28. The van der Waals surface area contributed by atoms with Gasteiger partial charge in [0.05, 0.1) is 6.61 Å². The van der Waals surface area contributed by atoms with Crippen LogP contribution in [0.4, 0.5) is 5.82 Å². The molecule has 0 atom stereocenters. The molecule has 0 radical (unpaired) electrons. The molecule has 17 heavy (non-hydrogen) atoms. The van der Waals surface area contributed by atoms with Gasteiger partial charge in [0.1, 0.15) is 5.82 Å². The van der Waals surface area contributed by atoms with Crippen molar-refractivity contribution in [2.75, 3.05) is 11.4 Å². The van der Waals surface area contributed by atoms with E-state index in [4.69, 9.17) is 0 Å². The Bertz CT molecular complexity index is 377.